The van der Waals surface area contributed by atoms with E-state index < -0.39 is 11.7 Å². The Labute approximate surface area is 126 Å². The molecule has 0 saturated carbocycles. The van der Waals surface area contributed by atoms with Gasteiger partial charge in [-0.3, -0.25) is 0 Å². The van der Waals surface area contributed by atoms with E-state index in [-0.39, 0.29) is 24.0 Å². The molecule has 0 aliphatic rings. The van der Waals surface area contributed by atoms with Crippen LogP contribution in [0.15, 0.2) is 24.3 Å². The zero-order chi connectivity index (χ0) is 16.5. The first-order valence-corrected chi connectivity index (χ1v) is 6.83. The van der Waals surface area contributed by atoms with Crippen molar-refractivity contribution < 1.29 is 17.9 Å². The highest BCUT2D eigenvalue weighted by Crippen LogP contribution is 2.37. The van der Waals surface area contributed by atoms with Gasteiger partial charge in [0.15, 0.2) is 0 Å². The van der Waals surface area contributed by atoms with E-state index in [1.165, 1.54) is 30.0 Å². The van der Waals surface area contributed by atoms with E-state index in [1.807, 2.05) is 13.8 Å². The van der Waals surface area contributed by atoms with Crippen molar-refractivity contribution >= 4 is 0 Å². The van der Waals surface area contributed by atoms with E-state index in [9.17, 15) is 13.2 Å². The maximum Gasteiger partial charge on any atom is 0.418 e. The largest absolute Gasteiger partial charge is 0.481 e. The van der Waals surface area contributed by atoms with Gasteiger partial charge in [0.05, 0.1) is 29.6 Å². The summed E-state index contributed by atoms with van der Waals surface area (Å²) in [5.74, 6) is 0.259. The highest BCUT2D eigenvalue weighted by molar-refractivity contribution is 5.48. The molecule has 0 fully saturated rings. The number of hydrogen-bond acceptors (Lipinski definition) is 3. The second-order valence-electron chi connectivity index (χ2n) is 5.16. The Balaban J connectivity index is 2.74. The fraction of sp³-hybridized carbons (Fsp3) is 0.400. The monoisotopic (exact) mass is 313 g/mol. The lowest BCUT2D eigenvalue weighted by Crippen LogP contribution is -2.12. The summed E-state index contributed by atoms with van der Waals surface area (Å²) >= 11 is 0. The minimum Gasteiger partial charge on any atom is -0.481 e. The lowest BCUT2D eigenvalue weighted by atomic mass is 10.1. The number of rotatable bonds is 4. The third kappa shape index (κ3) is 2.81. The van der Waals surface area contributed by atoms with Crippen molar-refractivity contribution in [1.82, 2.24) is 9.78 Å². The first-order chi connectivity index (χ1) is 10.3. The van der Waals surface area contributed by atoms with Crippen molar-refractivity contribution in [2.45, 2.75) is 32.5 Å². The summed E-state index contributed by atoms with van der Waals surface area (Å²) in [5.41, 5.74) is 6.14. The summed E-state index contributed by atoms with van der Waals surface area (Å²) in [6.45, 7) is 3.95. The van der Waals surface area contributed by atoms with E-state index >= 15 is 0 Å². The van der Waals surface area contributed by atoms with Gasteiger partial charge in [-0.15, -0.1) is 0 Å². The van der Waals surface area contributed by atoms with Crippen LogP contribution in [0.2, 0.25) is 0 Å². The molecule has 2 N–H and O–H groups in total. The SMILES string of the molecule is COc1c(CN)c(C(C)C)nn1-c1ccccc1C(F)(F)F. The molecule has 2 rings (SSSR count). The van der Waals surface area contributed by atoms with E-state index in [0.717, 1.165) is 6.07 Å². The minimum absolute atomic E-state index is 0.0201. The second kappa shape index (κ2) is 6.00. The van der Waals surface area contributed by atoms with E-state index in [2.05, 4.69) is 5.10 Å². The molecule has 120 valence electrons. The molecular weight excluding hydrogens is 295 g/mol. The van der Waals surface area contributed by atoms with Crippen LogP contribution in [-0.4, -0.2) is 16.9 Å². The summed E-state index contributed by atoms with van der Waals surface area (Å²) in [5, 5.41) is 4.31. The average molecular weight is 313 g/mol. The van der Waals surface area contributed by atoms with Crippen LogP contribution in [-0.2, 0) is 12.7 Å². The normalized spacial score (nSPS) is 12.0. The van der Waals surface area contributed by atoms with Crippen molar-refractivity contribution in [2.24, 2.45) is 5.73 Å². The van der Waals surface area contributed by atoms with Crippen molar-refractivity contribution in [2.75, 3.05) is 7.11 Å². The Kier molecular flexibility index (Phi) is 4.46. The molecule has 0 radical (unpaired) electrons. The van der Waals surface area contributed by atoms with Gasteiger partial charge in [0.1, 0.15) is 0 Å². The lowest BCUT2D eigenvalue weighted by Gasteiger charge is -2.14. The highest BCUT2D eigenvalue weighted by Gasteiger charge is 2.35. The van der Waals surface area contributed by atoms with Crippen LogP contribution in [0, 0.1) is 0 Å². The van der Waals surface area contributed by atoms with E-state index in [1.54, 1.807) is 0 Å². The number of aromatic nitrogens is 2. The minimum atomic E-state index is -4.48. The molecule has 4 nitrogen and oxygen atoms in total. The molecule has 0 bridgehead atoms. The predicted octanol–water partition coefficient (Wildman–Crippen LogP) is 3.48. The van der Waals surface area contributed by atoms with Crippen molar-refractivity contribution in [3.63, 3.8) is 0 Å². The highest BCUT2D eigenvalue weighted by atomic mass is 19.4. The molecule has 2 aromatic rings. The average Bonchev–Trinajstić information content (AvgIpc) is 2.84. The Bertz CT molecular complexity index is 663. The summed E-state index contributed by atoms with van der Waals surface area (Å²) in [4.78, 5) is 0. The number of hydrogen-bond donors (Lipinski definition) is 1. The van der Waals surface area contributed by atoms with Crippen molar-refractivity contribution in [1.29, 1.82) is 0 Å². The van der Waals surface area contributed by atoms with Crippen LogP contribution in [0.3, 0.4) is 0 Å². The number of nitrogens with zero attached hydrogens (tertiary/aromatic N) is 2. The zero-order valence-electron chi connectivity index (χ0n) is 12.6. The van der Waals surface area contributed by atoms with E-state index in [4.69, 9.17) is 10.5 Å². The maximum atomic E-state index is 13.2. The van der Waals surface area contributed by atoms with Gasteiger partial charge in [-0.25, -0.2) is 0 Å². The molecule has 0 unspecified atom stereocenters. The molecule has 1 heterocycles. The van der Waals surface area contributed by atoms with Gasteiger partial charge in [-0.05, 0) is 18.1 Å². The Morgan fingerprint density at radius 2 is 1.91 bits per heavy atom. The number of nitrogens with two attached hydrogens (primary N) is 1. The molecule has 7 heteroatoms. The number of methoxy groups -OCH3 is 1. The third-order valence-corrected chi connectivity index (χ3v) is 3.35. The molecule has 0 amide bonds. The first kappa shape index (κ1) is 16.4. The van der Waals surface area contributed by atoms with Gasteiger partial charge < -0.3 is 10.5 Å². The fourth-order valence-corrected chi connectivity index (χ4v) is 2.38. The van der Waals surface area contributed by atoms with Gasteiger partial charge in [-0.1, -0.05) is 26.0 Å². The molecule has 1 aromatic carbocycles. The van der Waals surface area contributed by atoms with Crippen LogP contribution in [0.25, 0.3) is 5.69 Å². The van der Waals surface area contributed by atoms with Gasteiger partial charge in [0.2, 0.25) is 5.88 Å². The number of halogens is 3. The third-order valence-electron chi connectivity index (χ3n) is 3.35. The lowest BCUT2D eigenvalue weighted by molar-refractivity contribution is -0.137. The number of ether oxygens (including phenoxy) is 1. The van der Waals surface area contributed by atoms with Crippen LogP contribution in [0.5, 0.6) is 5.88 Å². The standard InChI is InChI=1S/C15H18F3N3O/c1-9(2)13-10(8-19)14(22-3)21(20-13)12-7-5-4-6-11(12)15(16,17)18/h4-7,9H,8,19H2,1-3H3. The maximum absolute atomic E-state index is 13.2. The molecule has 1 aromatic heterocycles. The smallest absolute Gasteiger partial charge is 0.418 e. The van der Waals surface area contributed by atoms with Gasteiger partial charge >= 0.3 is 6.18 Å². The molecule has 22 heavy (non-hydrogen) atoms. The van der Waals surface area contributed by atoms with Crippen LogP contribution in [0.4, 0.5) is 13.2 Å². The molecule has 0 aliphatic carbocycles. The summed E-state index contributed by atoms with van der Waals surface area (Å²) in [6.07, 6.45) is -4.48. The summed E-state index contributed by atoms with van der Waals surface area (Å²) < 4.78 is 46.1. The second-order valence-corrected chi connectivity index (χ2v) is 5.16. The number of alkyl halides is 3. The van der Waals surface area contributed by atoms with E-state index in [0.29, 0.717) is 11.3 Å². The first-order valence-electron chi connectivity index (χ1n) is 6.83. The quantitative estimate of drug-likeness (QED) is 0.940. The van der Waals surface area contributed by atoms with Gasteiger partial charge in [0, 0.05) is 6.54 Å². The topological polar surface area (TPSA) is 53.1 Å². The predicted molar refractivity (Wildman–Crippen MR) is 77.1 cm³/mol. The summed E-state index contributed by atoms with van der Waals surface area (Å²) in [7, 11) is 1.40. The van der Waals surface area contributed by atoms with Crippen molar-refractivity contribution in [3.8, 4) is 11.6 Å². The van der Waals surface area contributed by atoms with Gasteiger partial charge in [0.25, 0.3) is 0 Å². The van der Waals surface area contributed by atoms with Crippen LogP contribution >= 0.6 is 0 Å². The number of para-hydroxylation sites is 1. The summed E-state index contributed by atoms with van der Waals surface area (Å²) in [6, 6.07) is 5.26. The Morgan fingerprint density at radius 3 is 2.41 bits per heavy atom. The van der Waals surface area contributed by atoms with Crippen LogP contribution < -0.4 is 10.5 Å². The fourth-order valence-electron chi connectivity index (χ4n) is 2.38. The molecule has 0 spiro atoms. The Morgan fingerprint density at radius 1 is 1.27 bits per heavy atom. The molecule has 0 saturated heterocycles. The number of benzene rings is 1. The zero-order valence-corrected chi connectivity index (χ0v) is 12.6. The Hall–Kier alpha value is -2.02. The van der Waals surface area contributed by atoms with Crippen molar-refractivity contribution in [3.05, 3.63) is 41.1 Å². The van der Waals surface area contributed by atoms with Gasteiger partial charge in [-0.2, -0.15) is 23.0 Å². The van der Waals surface area contributed by atoms with Crippen LogP contribution in [0.1, 0.15) is 36.6 Å². The molecule has 0 aliphatic heterocycles. The molecular formula is C15H18F3N3O. The molecule has 0 atom stereocenters.